The number of halogens is 4. The molecule has 3 aromatic heterocycles. The maximum absolute atomic E-state index is 16.1. The molecule has 2 saturated heterocycles. The molecule has 2 aliphatic heterocycles. The number of imide groups is 1. The van der Waals surface area contributed by atoms with Crippen molar-refractivity contribution in [2.75, 3.05) is 44.0 Å². The van der Waals surface area contributed by atoms with E-state index in [-0.39, 0.29) is 48.6 Å². The second-order valence-corrected chi connectivity index (χ2v) is 16.8. The Balaban J connectivity index is 0.881. The largest absolute Gasteiger partial charge is 0.494 e. The van der Waals surface area contributed by atoms with Crippen molar-refractivity contribution < 1.29 is 36.7 Å². The predicted octanol–water partition coefficient (Wildman–Crippen LogP) is 6.42. The molecule has 8 rings (SSSR count). The maximum atomic E-state index is 16.1. The van der Waals surface area contributed by atoms with Gasteiger partial charge >= 0.3 is 11.9 Å². The summed E-state index contributed by atoms with van der Waals surface area (Å²) in [5.74, 6) is -0.711. The number of nitrogens with one attached hydrogen (secondary N) is 2. The van der Waals surface area contributed by atoms with Crippen LogP contribution in [0.3, 0.4) is 0 Å². The molecule has 2 N–H and O–H groups in total. The molecule has 0 bridgehead atoms. The Bertz CT molecular complexity index is 2490. The molecule has 3 fully saturated rings. The smallest absolute Gasteiger partial charge is 0.433 e. The molecule has 3 atom stereocenters. The molecule has 5 aromatic rings. The number of methoxy groups -OCH3 is 1. The van der Waals surface area contributed by atoms with Crippen LogP contribution in [-0.4, -0.2) is 87.7 Å². The summed E-state index contributed by atoms with van der Waals surface area (Å²) in [7, 11) is 5.08. The van der Waals surface area contributed by atoms with Crippen LogP contribution in [0.1, 0.15) is 78.1 Å². The number of hydrogen-bond donors (Lipinski definition) is 2. The molecule has 1 unspecified atom stereocenters. The molecule has 312 valence electrons. The van der Waals surface area contributed by atoms with Crippen molar-refractivity contribution in [1.29, 1.82) is 0 Å². The van der Waals surface area contributed by atoms with E-state index in [1.165, 1.54) is 33.6 Å². The van der Waals surface area contributed by atoms with Gasteiger partial charge in [0.2, 0.25) is 11.8 Å². The summed E-state index contributed by atoms with van der Waals surface area (Å²) < 4.78 is 64.9. The number of carbonyl (C=O) groups is 3. The van der Waals surface area contributed by atoms with Crippen LogP contribution in [-0.2, 0) is 22.8 Å². The Morgan fingerprint density at radius 3 is 2.51 bits per heavy atom. The quantitative estimate of drug-likeness (QED) is 0.127. The van der Waals surface area contributed by atoms with E-state index in [9.17, 15) is 32.3 Å². The Hall–Kier alpha value is -5.36. The normalized spacial score (nSPS) is 22.9. The SMILES string of the molecule is COc1cc2nc(C3CCC(CN(C)[C@@H]4CCN(c5cccc6c5n(C)c(=O)n6C5CCC(=O)NC5=O)C[C@H]4F)CC3)sc2cc1NC(=O)c1cccc(C(F)(F)F)n1. The van der Waals surface area contributed by atoms with Crippen LogP contribution < -0.4 is 26.0 Å². The number of aromatic nitrogens is 4. The van der Waals surface area contributed by atoms with Gasteiger partial charge in [0.05, 0.1) is 51.3 Å². The molecule has 0 radical (unpaired) electrons. The second-order valence-electron chi connectivity index (χ2n) is 15.7. The van der Waals surface area contributed by atoms with Gasteiger partial charge in [-0.3, -0.25) is 28.8 Å². The lowest BCUT2D eigenvalue weighted by Crippen LogP contribution is -2.52. The van der Waals surface area contributed by atoms with Crippen LogP contribution in [0.25, 0.3) is 21.3 Å². The number of fused-ring (bicyclic) bond motifs is 2. The lowest BCUT2D eigenvalue weighted by Gasteiger charge is -2.42. The third-order valence-electron chi connectivity index (χ3n) is 12.0. The molecular weight excluding hydrogens is 793 g/mol. The highest BCUT2D eigenvalue weighted by Gasteiger charge is 2.37. The van der Waals surface area contributed by atoms with Crippen molar-refractivity contribution >= 4 is 61.7 Å². The summed E-state index contributed by atoms with van der Waals surface area (Å²) in [6, 6.07) is 11.0. The van der Waals surface area contributed by atoms with Crippen LogP contribution in [0.4, 0.5) is 28.9 Å². The zero-order valence-electron chi connectivity index (χ0n) is 32.7. The van der Waals surface area contributed by atoms with E-state index in [0.29, 0.717) is 46.9 Å². The highest BCUT2D eigenvalue weighted by atomic mass is 32.1. The van der Waals surface area contributed by atoms with Crippen molar-refractivity contribution in [2.45, 2.75) is 75.3 Å². The number of anilines is 2. The molecule has 1 saturated carbocycles. The number of rotatable bonds is 9. The van der Waals surface area contributed by atoms with Gasteiger partial charge in [0.1, 0.15) is 29.4 Å². The minimum atomic E-state index is -4.68. The van der Waals surface area contributed by atoms with Crippen molar-refractivity contribution in [2.24, 2.45) is 13.0 Å². The van der Waals surface area contributed by atoms with Gasteiger partial charge in [-0.1, -0.05) is 12.1 Å². The highest BCUT2D eigenvalue weighted by Crippen LogP contribution is 2.42. The fourth-order valence-electron chi connectivity index (χ4n) is 8.96. The molecule has 59 heavy (non-hydrogen) atoms. The van der Waals surface area contributed by atoms with Gasteiger partial charge in [-0.25, -0.2) is 19.2 Å². The zero-order valence-corrected chi connectivity index (χ0v) is 33.5. The van der Waals surface area contributed by atoms with E-state index in [4.69, 9.17) is 9.72 Å². The van der Waals surface area contributed by atoms with E-state index in [0.717, 1.165) is 59.8 Å². The number of para-hydroxylation sites is 1. The molecule has 5 heterocycles. The van der Waals surface area contributed by atoms with E-state index in [1.54, 1.807) is 25.2 Å². The number of imidazole rings is 1. The van der Waals surface area contributed by atoms with Crippen LogP contribution in [0.2, 0.25) is 0 Å². The number of hydrogen-bond acceptors (Lipinski definition) is 10. The van der Waals surface area contributed by atoms with E-state index >= 15 is 4.39 Å². The Morgan fingerprint density at radius 1 is 1.03 bits per heavy atom. The first kappa shape index (κ1) is 40.4. The van der Waals surface area contributed by atoms with Gasteiger partial charge in [0.15, 0.2) is 0 Å². The minimum absolute atomic E-state index is 0.147. The second kappa shape index (κ2) is 16.0. The molecule has 13 nitrogen and oxygen atoms in total. The van der Waals surface area contributed by atoms with Crippen molar-refractivity contribution in [3.63, 3.8) is 0 Å². The number of pyridine rings is 1. The van der Waals surface area contributed by atoms with Gasteiger partial charge in [0, 0.05) is 44.6 Å². The van der Waals surface area contributed by atoms with Crippen LogP contribution in [0, 0.1) is 5.92 Å². The topological polar surface area (TPSA) is 144 Å². The molecule has 18 heteroatoms. The van der Waals surface area contributed by atoms with Gasteiger partial charge in [0.25, 0.3) is 5.91 Å². The molecular formula is C41H44F4N8O5S. The van der Waals surface area contributed by atoms with Gasteiger partial charge in [-0.2, -0.15) is 13.2 Å². The molecule has 3 amide bonds. The van der Waals surface area contributed by atoms with Crippen LogP contribution >= 0.6 is 11.3 Å². The number of benzene rings is 2. The Morgan fingerprint density at radius 2 is 1.80 bits per heavy atom. The third kappa shape index (κ3) is 7.91. The summed E-state index contributed by atoms with van der Waals surface area (Å²) in [4.78, 5) is 63.3. The monoisotopic (exact) mass is 836 g/mol. The Kier molecular flexibility index (Phi) is 11.0. The Labute approximate surface area is 340 Å². The fraction of sp³-hybridized carbons (Fsp3) is 0.463. The summed E-state index contributed by atoms with van der Waals surface area (Å²) in [5, 5.41) is 5.95. The van der Waals surface area contributed by atoms with Crippen molar-refractivity contribution in [3.8, 4) is 5.75 Å². The maximum Gasteiger partial charge on any atom is 0.433 e. The van der Waals surface area contributed by atoms with Gasteiger partial charge in [-0.15, -0.1) is 11.3 Å². The van der Waals surface area contributed by atoms with Crippen LogP contribution in [0.15, 0.2) is 53.3 Å². The van der Waals surface area contributed by atoms with E-state index in [2.05, 4.69) is 20.5 Å². The zero-order chi connectivity index (χ0) is 41.7. The van der Waals surface area contributed by atoms with Crippen molar-refractivity contribution in [3.05, 3.63) is 75.4 Å². The lowest BCUT2D eigenvalue weighted by atomic mass is 9.81. The number of carbonyl (C=O) groups excluding carboxylic acids is 3. The first-order valence-electron chi connectivity index (χ1n) is 19.7. The van der Waals surface area contributed by atoms with Crippen LogP contribution in [0.5, 0.6) is 5.75 Å². The lowest BCUT2D eigenvalue weighted by molar-refractivity contribution is -0.141. The number of amides is 3. The number of ether oxygens (including phenoxy) is 1. The first-order valence-corrected chi connectivity index (χ1v) is 20.5. The highest BCUT2D eigenvalue weighted by molar-refractivity contribution is 7.18. The summed E-state index contributed by atoms with van der Waals surface area (Å²) in [5.41, 5.74) is 1.05. The predicted molar refractivity (Wildman–Crippen MR) is 215 cm³/mol. The number of alkyl halides is 4. The average molecular weight is 837 g/mol. The minimum Gasteiger partial charge on any atom is -0.494 e. The average Bonchev–Trinajstić information content (AvgIpc) is 3.74. The molecule has 3 aliphatic rings. The molecule has 1 aliphatic carbocycles. The van der Waals surface area contributed by atoms with Gasteiger partial charge < -0.3 is 19.9 Å². The van der Waals surface area contributed by atoms with Crippen molar-refractivity contribution in [1.82, 2.24) is 29.3 Å². The standard InChI is InChI=1S/C41H44F4N8O5S/c1-50(28-16-17-52(21-24(28)42)29-7-5-8-30-36(29)51(2)40(57)53(30)31-14-15-35(54)49-38(31)56)20-22-10-12-23(13-11-22)39-48-27-18-32(58-3)26(19-33(27)59-39)47-37(55)25-6-4-9-34(46-25)41(43,44)45/h4-9,18-19,22-24,28,31H,10-17,20-21H2,1-3H3,(H,47,55)(H,49,54,56)/t22?,23?,24-,28-,31?/m1/s1. The molecule has 0 spiro atoms. The number of nitrogens with zero attached hydrogens (tertiary/aromatic N) is 6. The van der Waals surface area contributed by atoms with E-state index < -0.39 is 35.9 Å². The summed E-state index contributed by atoms with van der Waals surface area (Å²) >= 11 is 1.52. The number of aryl methyl sites for hydroxylation is 1. The third-order valence-corrected chi connectivity index (χ3v) is 13.2. The van der Waals surface area contributed by atoms with E-state index in [1.807, 2.05) is 24.1 Å². The first-order chi connectivity index (χ1) is 28.2. The summed E-state index contributed by atoms with van der Waals surface area (Å²) in [6.07, 6.45) is -1.10. The van der Waals surface area contributed by atoms with Gasteiger partial charge in [-0.05, 0) is 81.8 Å². The number of piperidine rings is 2. The fourth-order valence-corrected chi connectivity index (χ4v) is 10.1. The summed E-state index contributed by atoms with van der Waals surface area (Å²) in [6.45, 7) is 1.51. The number of thiazole rings is 1. The molecule has 2 aromatic carbocycles.